The summed E-state index contributed by atoms with van der Waals surface area (Å²) < 4.78 is 44.5. The highest BCUT2D eigenvalue weighted by atomic mass is 35.5. The molecule has 0 saturated carbocycles. The van der Waals surface area contributed by atoms with E-state index in [0.717, 1.165) is 43.0 Å². The van der Waals surface area contributed by atoms with Crippen molar-refractivity contribution in [3.05, 3.63) is 65.1 Å². The maximum atomic E-state index is 14.1. The standard InChI is InChI=1S/C31H30ClF3N12O3/c1-44-23(21-16-47(43-24(21)31(33,34)35)30-38-13-18-14-39-42-25(18)41-30)15-37-26(44)27(48)40-19-2-3-20(22(32)12-19)29(50)46-10-8-45(9-11-46)28(49)17-4-6-36-7-5-17/h2-3,12-17,36H,4-11H2,1H3,(H,40,48)(H,38,39,41,42). The first-order valence-electron chi connectivity index (χ1n) is 15.7. The quantitative estimate of drug-likeness (QED) is 0.239. The Morgan fingerprint density at radius 3 is 2.46 bits per heavy atom. The largest absolute Gasteiger partial charge is 0.435 e. The molecule has 2 fully saturated rings. The SMILES string of the molecule is Cn1c(-c2cn(-c3ncc4cn[nH]c4n3)nc2C(F)(F)F)cnc1C(=O)Nc1ccc(C(=O)N2CCN(C(=O)C3CCNCC3)CC2)c(Cl)c1. The molecule has 15 nitrogen and oxygen atoms in total. The second-order valence-corrected chi connectivity index (χ2v) is 12.4. The minimum absolute atomic E-state index is 0.00818. The van der Waals surface area contributed by atoms with Crippen LogP contribution in [0.5, 0.6) is 0 Å². The number of anilines is 1. The summed E-state index contributed by atoms with van der Waals surface area (Å²) in [6.07, 6.45) is 1.90. The summed E-state index contributed by atoms with van der Waals surface area (Å²) in [5, 5.41) is 16.7. The van der Waals surface area contributed by atoms with Crippen LogP contribution in [-0.4, -0.2) is 106 Å². The Hall–Kier alpha value is -5.36. The number of nitrogens with one attached hydrogen (secondary N) is 3. The van der Waals surface area contributed by atoms with E-state index in [-0.39, 0.29) is 57.0 Å². The molecule has 1 aromatic carbocycles. The third kappa shape index (κ3) is 6.38. The number of hydrogen-bond acceptors (Lipinski definition) is 9. The van der Waals surface area contributed by atoms with E-state index in [1.165, 1.54) is 42.2 Å². The molecule has 0 unspecified atom stereocenters. The molecule has 0 aliphatic carbocycles. The van der Waals surface area contributed by atoms with Crippen molar-refractivity contribution in [1.29, 1.82) is 0 Å². The van der Waals surface area contributed by atoms with E-state index in [1.54, 1.807) is 4.90 Å². The first kappa shape index (κ1) is 33.2. The summed E-state index contributed by atoms with van der Waals surface area (Å²) in [7, 11) is 1.40. The lowest BCUT2D eigenvalue weighted by atomic mass is 9.96. The van der Waals surface area contributed by atoms with Crippen molar-refractivity contribution in [3.63, 3.8) is 0 Å². The molecule has 2 aliphatic rings. The van der Waals surface area contributed by atoms with Gasteiger partial charge in [-0.25, -0.2) is 14.6 Å². The number of piperazine rings is 1. The van der Waals surface area contributed by atoms with Gasteiger partial charge in [-0.05, 0) is 44.1 Å². The van der Waals surface area contributed by atoms with Crippen molar-refractivity contribution in [1.82, 2.24) is 54.6 Å². The lowest BCUT2D eigenvalue weighted by Gasteiger charge is -2.37. The summed E-state index contributed by atoms with van der Waals surface area (Å²) in [4.78, 5) is 55.2. The van der Waals surface area contributed by atoms with Crippen LogP contribution in [0.2, 0.25) is 5.02 Å². The highest BCUT2D eigenvalue weighted by Gasteiger charge is 2.39. The molecular weight excluding hydrogens is 681 g/mol. The van der Waals surface area contributed by atoms with Crippen LogP contribution in [0, 0.1) is 5.92 Å². The van der Waals surface area contributed by atoms with Gasteiger partial charge < -0.3 is 25.0 Å². The monoisotopic (exact) mass is 710 g/mol. The fraction of sp³-hybridized carbons (Fsp3) is 0.355. The zero-order chi connectivity index (χ0) is 35.2. The number of benzene rings is 1. The van der Waals surface area contributed by atoms with Crippen molar-refractivity contribution in [2.75, 3.05) is 44.6 Å². The molecule has 5 aromatic rings. The van der Waals surface area contributed by atoms with Crippen LogP contribution in [-0.2, 0) is 18.0 Å². The van der Waals surface area contributed by atoms with E-state index >= 15 is 0 Å². The van der Waals surface area contributed by atoms with E-state index in [1.807, 2.05) is 4.90 Å². The summed E-state index contributed by atoms with van der Waals surface area (Å²) in [5.41, 5.74) is -0.808. The van der Waals surface area contributed by atoms with Crippen LogP contribution >= 0.6 is 11.6 Å². The number of hydrogen-bond donors (Lipinski definition) is 3. The normalized spacial score (nSPS) is 15.9. The Morgan fingerprint density at radius 1 is 1.00 bits per heavy atom. The molecule has 50 heavy (non-hydrogen) atoms. The Kier molecular flexibility index (Phi) is 8.73. The second kappa shape index (κ2) is 13.2. The van der Waals surface area contributed by atoms with Crippen LogP contribution in [0.15, 0.2) is 43.0 Å². The van der Waals surface area contributed by atoms with Gasteiger partial charge in [0.2, 0.25) is 5.91 Å². The molecule has 3 amide bonds. The average Bonchev–Trinajstić information content (AvgIpc) is 3.86. The molecule has 3 N–H and O–H groups in total. The first-order chi connectivity index (χ1) is 24.0. The number of alkyl halides is 3. The molecule has 2 saturated heterocycles. The number of carbonyl (C=O) groups excluding carboxylic acids is 3. The van der Waals surface area contributed by atoms with E-state index in [4.69, 9.17) is 11.6 Å². The van der Waals surface area contributed by atoms with Crippen molar-refractivity contribution >= 4 is 46.0 Å². The highest BCUT2D eigenvalue weighted by Crippen LogP contribution is 2.37. The third-order valence-corrected chi connectivity index (χ3v) is 9.17. The number of nitrogens with zero attached hydrogens (tertiary/aromatic N) is 9. The van der Waals surface area contributed by atoms with Gasteiger partial charge in [0, 0.05) is 57.2 Å². The van der Waals surface area contributed by atoms with Crippen LogP contribution in [0.1, 0.15) is 39.5 Å². The zero-order valence-corrected chi connectivity index (χ0v) is 27.3. The zero-order valence-electron chi connectivity index (χ0n) is 26.5. The molecule has 0 bridgehead atoms. The van der Waals surface area contributed by atoms with Gasteiger partial charge in [0.15, 0.2) is 17.2 Å². The smallest absolute Gasteiger partial charge is 0.339 e. The predicted octanol–water partition coefficient (Wildman–Crippen LogP) is 3.15. The first-order valence-corrected chi connectivity index (χ1v) is 16.1. The lowest BCUT2D eigenvalue weighted by Crippen LogP contribution is -2.52. The topological polar surface area (TPSA) is 172 Å². The van der Waals surface area contributed by atoms with Crippen LogP contribution in [0.4, 0.5) is 18.9 Å². The van der Waals surface area contributed by atoms with Crippen molar-refractivity contribution in [2.24, 2.45) is 13.0 Å². The van der Waals surface area contributed by atoms with Gasteiger partial charge in [0.25, 0.3) is 17.8 Å². The lowest BCUT2D eigenvalue weighted by molar-refractivity contribution is -0.141. The number of aromatic nitrogens is 8. The Bertz CT molecular complexity index is 2090. The number of amides is 3. The molecule has 2 aliphatic heterocycles. The fourth-order valence-electron chi connectivity index (χ4n) is 6.16. The second-order valence-electron chi connectivity index (χ2n) is 12.0. The van der Waals surface area contributed by atoms with Crippen molar-refractivity contribution in [2.45, 2.75) is 19.0 Å². The number of fused-ring (bicyclic) bond motifs is 1. The maximum Gasteiger partial charge on any atom is 0.435 e. The molecule has 6 heterocycles. The number of piperidine rings is 1. The van der Waals surface area contributed by atoms with Gasteiger partial charge in [-0.3, -0.25) is 19.5 Å². The van der Waals surface area contributed by atoms with Crippen LogP contribution in [0.25, 0.3) is 28.2 Å². The Balaban J connectivity index is 1.04. The van der Waals surface area contributed by atoms with Crippen LogP contribution < -0.4 is 10.6 Å². The average molecular weight is 711 g/mol. The molecule has 0 atom stereocenters. The maximum absolute atomic E-state index is 14.1. The van der Waals surface area contributed by atoms with Gasteiger partial charge in [-0.1, -0.05) is 11.6 Å². The number of rotatable bonds is 6. The van der Waals surface area contributed by atoms with Gasteiger partial charge in [-0.2, -0.15) is 28.4 Å². The van der Waals surface area contributed by atoms with Crippen molar-refractivity contribution < 1.29 is 27.6 Å². The van der Waals surface area contributed by atoms with E-state index in [0.29, 0.717) is 37.2 Å². The third-order valence-electron chi connectivity index (χ3n) is 8.86. The number of aromatic amines is 1. The molecular formula is C31H30ClF3N12O3. The van der Waals surface area contributed by atoms with Gasteiger partial charge >= 0.3 is 6.18 Å². The number of H-pyrrole nitrogens is 1. The van der Waals surface area contributed by atoms with Crippen LogP contribution in [0.3, 0.4) is 0 Å². The van der Waals surface area contributed by atoms with Gasteiger partial charge in [0.1, 0.15) is 0 Å². The van der Waals surface area contributed by atoms with E-state index < -0.39 is 17.8 Å². The van der Waals surface area contributed by atoms with Crippen molar-refractivity contribution in [3.8, 4) is 17.2 Å². The number of halogens is 4. The minimum atomic E-state index is -4.85. The molecule has 4 aromatic heterocycles. The number of imidazole rings is 1. The van der Waals surface area contributed by atoms with E-state index in [2.05, 4.69) is 40.9 Å². The Labute approximate surface area is 286 Å². The summed E-state index contributed by atoms with van der Waals surface area (Å²) in [6, 6.07) is 4.40. The molecule has 0 spiro atoms. The summed E-state index contributed by atoms with van der Waals surface area (Å²) in [6.45, 7) is 3.26. The molecule has 260 valence electrons. The highest BCUT2D eigenvalue weighted by molar-refractivity contribution is 6.34. The fourth-order valence-corrected chi connectivity index (χ4v) is 6.43. The Morgan fingerprint density at radius 2 is 1.74 bits per heavy atom. The molecule has 0 radical (unpaired) electrons. The minimum Gasteiger partial charge on any atom is -0.339 e. The molecule has 19 heteroatoms. The van der Waals surface area contributed by atoms with Gasteiger partial charge in [-0.15, -0.1) is 0 Å². The van der Waals surface area contributed by atoms with Gasteiger partial charge in [0.05, 0.1) is 39.6 Å². The predicted molar refractivity (Wildman–Crippen MR) is 173 cm³/mol. The molecule has 7 rings (SSSR count). The summed E-state index contributed by atoms with van der Waals surface area (Å²) >= 11 is 6.49. The summed E-state index contributed by atoms with van der Waals surface area (Å²) in [5.74, 6) is -1.20. The number of carbonyl (C=O) groups is 3. The van der Waals surface area contributed by atoms with E-state index in [9.17, 15) is 27.6 Å².